The van der Waals surface area contributed by atoms with Crippen LogP contribution in [-0.4, -0.2) is 30.8 Å². The molecule has 2 heterocycles. The number of fused-ring (bicyclic) bond motifs is 1. The third-order valence-corrected chi connectivity index (χ3v) is 4.00. The molecule has 0 bridgehead atoms. The Morgan fingerprint density at radius 3 is 2.68 bits per heavy atom. The van der Waals surface area contributed by atoms with Gasteiger partial charge in [0, 0.05) is 31.4 Å². The summed E-state index contributed by atoms with van der Waals surface area (Å²) in [6.07, 6.45) is 2.62. The fraction of sp³-hybridized carbons (Fsp3) is 0.333. The molecule has 7 heteroatoms. The molecule has 25 heavy (non-hydrogen) atoms. The zero-order chi connectivity index (χ0) is 17.8. The van der Waals surface area contributed by atoms with Gasteiger partial charge >= 0.3 is 0 Å². The van der Waals surface area contributed by atoms with E-state index in [0.29, 0.717) is 28.4 Å². The van der Waals surface area contributed by atoms with Crippen LogP contribution in [0.1, 0.15) is 30.6 Å². The number of hydrogen-bond donors (Lipinski definition) is 2. The van der Waals surface area contributed by atoms with Gasteiger partial charge in [-0.2, -0.15) is 0 Å². The van der Waals surface area contributed by atoms with Gasteiger partial charge in [-0.05, 0) is 25.5 Å². The lowest BCUT2D eigenvalue weighted by atomic mass is 10.2. The first-order valence-corrected chi connectivity index (χ1v) is 8.33. The molecule has 2 aromatic rings. The standard InChI is InChI=1S/C18H22N4O3/c1-3-7-22(4-2)17-6-5-12(10-20-17)18(23)21-14-9-16-15(8-13(14)19)24-11-25-16/h5-6,8-10H,3-4,7,11,19H2,1-2H3,(H,21,23). The first-order valence-electron chi connectivity index (χ1n) is 8.33. The number of nitrogens with two attached hydrogens (primary N) is 1. The number of hydrogen-bond acceptors (Lipinski definition) is 6. The lowest BCUT2D eigenvalue weighted by Gasteiger charge is -2.21. The minimum Gasteiger partial charge on any atom is -0.454 e. The van der Waals surface area contributed by atoms with Crippen molar-refractivity contribution in [2.75, 3.05) is 35.8 Å². The summed E-state index contributed by atoms with van der Waals surface area (Å²) in [5.74, 6) is 1.74. The molecule has 1 aromatic carbocycles. The minimum absolute atomic E-state index is 0.156. The van der Waals surface area contributed by atoms with E-state index in [1.165, 1.54) is 0 Å². The first-order chi connectivity index (χ1) is 12.1. The second-order valence-electron chi connectivity index (χ2n) is 5.73. The highest BCUT2D eigenvalue weighted by Gasteiger charge is 2.18. The van der Waals surface area contributed by atoms with Gasteiger partial charge in [0.1, 0.15) is 5.82 Å². The average Bonchev–Trinajstić information content (AvgIpc) is 3.07. The Kier molecular flexibility index (Phi) is 4.92. The Morgan fingerprint density at radius 1 is 1.28 bits per heavy atom. The van der Waals surface area contributed by atoms with Gasteiger partial charge in [0.05, 0.1) is 16.9 Å². The molecule has 0 saturated carbocycles. The number of ether oxygens (including phenoxy) is 2. The molecule has 3 rings (SSSR count). The van der Waals surface area contributed by atoms with Crippen LogP contribution in [0.2, 0.25) is 0 Å². The molecule has 0 radical (unpaired) electrons. The molecule has 132 valence electrons. The summed E-state index contributed by atoms with van der Waals surface area (Å²) in [4.78, 5) is 19.0. The molecule has 0 atom stereocenters. The van der Waals surface area contributed by atoms with Gasteiger partial charge in [0.2, 0.25) is 6.79 Å². The van der Waals surface area contributed by atoms with E-state index < -0.39 is 0 Å². The Hall–Kier alpha value is -2.96. The predicted molar refractivity (Wildman–Crippen MR) is 97.3 cm³/mol. The van der Waals surface area contributed by atoms with E-state index in [1.807, 2.05) is 6.07 Å². The normalized spacial score (nSPS) is 12.1. The van der Waals surface area contributed by atoms with Gasteiger partial charge in [0.15, 0.2) is 11.5 Å². The van der Waals surface area contributed by atoms with Crippen LogP contribution in [0.5, 0.6) is 11.5 Å². The van der Waals surface area contributed by atoms with Crippen molar-refractivity contribution in [2.24, 2.45) is 0 Å². The Balaban J connectivity index is 1.73. The fourth-order valence-corrected chi connectivity index (χ4v) is 2.67. The number of nitrogens with zero attached hydrogens (tertiary/aromatic N) is 2. The smallest absolute Gasteiger partial charge is 0.257 e. The fourth-order valence-electron chi connectivity index (χ4n) is 2.67. The summed E-state index contributed by atoms with van der Waals surface area (Å²) in [6.45, 7) is 6.17. The van der Waals surface area contributed by atoms with E-state index in [1.54, 1.807) is 24.4 Å². The highest BCUT2D eigenvalue weighted by atomic mass is 16.7. The Bertz CT molecular complexity index is 762. The number of anilines is 3. The average molecular weight is 342 g/mol. The van der Waals surface area contributed by atoms with Crippen LogP contribution in [-0.2, 0) is 0 Å². The van der Waals surface area contributed by atoms with Gasteiger partial charge in [0.25, 0.3) is 5.91 Å². The van der Waals surface area contributed by atoms with Gasteiger partial charge < -0.3 is 25.4 Å². The highest BCUT2D eigenvalue weighted by Crippen LogP contribution is 2.38. The van der Waals surface area contributed by atoms with E-state index in [4.69, 9.17) is 15.2 Å². The van der Waals surface area contributed by atoms with Crippen LogP contribution >= 0.6 is 0 Å². The van der Waals surface area contributed by atoms with Crippen molar-refractivity contribution in [1.29, 1.82) is 0 Å². The molecular formula is C18H22N4O3. The second-order valence-corrected chi connectivity index (χ2v) is 5.73. The topological polar surface area (TPSA) is 89.7 Å². The van der Waals surface area contributed by atoms with E-state index in [-0.39, 0.29) is 12.7 Å². The third-order valence-electron chi connectivity index (χ3n) is 4.00. The van der Waals surface area contributed by atoms with E-state index >= 15 is 0 Å². The summed E-state index contributed by atoms with van der Waals surface area (Å²) in [6, 6.07) is 6.93. The molecule has 7 nitrogen and oxygen atoms in total. The van der Waals surface area contributed by atoms with Crippen LogP contribution < -0.4 is 25.4 Å². The van der Waals surface area contributed by atoms with Crippen molar-refractivity contribution in [1.82, 2.24) is 4.98 Å². The number of benzene rings is 1. The number of aromatic nitrogens is 1. The van der Waals surface area contributed by atoms with Crippen LogP contribution in [0.3, 0.4) is 0 Å². The van der Waals surface area contributed by atoms with E-state index in [9.17, 15) is 4.79 Å². The van der Waals surface area contributed by atoms with Gasteiger partial charge in [-0.15, -0.1) is 0 Å². The zero-order valence-corrected chi connectivity index (χ0v) is 14.4. The number of nitrogen functional groups attached to an aromatic ring is 1. The molecule has 0 aliphatic carbocycles. The molecule has 1 amide bonds. The molecule has 1 aliphatic heterocycles. The minimum atomic E-state index is -0.275. The number of rotatable bonds is 6. The van der Waals surface area contributed by atoms with Crippen molar-refractivity contribution in [3.05, 3.63) is 36.0 Å². The molecule has 0 fully saturated rings. The SMILES string of the molecule is CCCN(CC)c1ccc(C(=O)Nc2cc3c(cc2N)OCO3)cn1. The summed E-state index contributed by atoms with van der Waals surface area (Å²) in [7, 11) is 0. The number of carbonyl (C=O) groups is 1. The summed E-state index contributed by atoms with van der Waals surface area (Å²) >= 11 is 0. The van der Waals surface area contributed by atoms with Crippen molar-refractivity contribution in [2.45, 2.75) is 20.3 Å². The number of pyridine rings is 1. The predicted octanol–water partition coefficient (Wildman–Crippen LogP) is 2.88. The molecule has 0 spiro atoms. The largest absolute Gasteiger partial charge is 0.454 e. The van der Waals surface area contributed by atoms with E-state index in [2.05, 4.69) is 29.0 Å². The molecular weight excluding hydrogens is 320 g/mol. The second kappa shape index (κ2) is 7.29. The number of amides is 1. The van der Waals surface area contributed by atoms with Gasteiger partial charge in [-0.3, -0.25) is 4.79 Å². The van der Waals surface area contributed by atoms with Gasteiger partial charge in [-0.25, -0.2) is 4.98 Å². The van der Waals surface area contributed by atoms with Crippen LogP contribution in [0.15, 0.2) is 30.5 Å². The lowest BCUT2D eigenvalue weighted by molar-refractivity contribution is 0.102. The molecule has 1 aromatic heterocycles. The number of carbonyl (C=O) groups excluding carboxylic acids is 1. The molecule has 0 unspecified atom stereocenters. The molecule has 3 N–H and O–H groups in total. The first kappa shape index (κ1) is 16.9. The summed E-state index contributed by atoms with van der Waals surface area (Å²) in [5, 5.41) is 2.79. The maximum atomic E-state index is 12.5. The van der Waals surface area contributed by atoms with Crippen molar-refractivity contribution >= 4 is 23.1 Å². The lowest BCUT2D eigenvalue weighted by Crippen LogP contribution is -2.24. The molecule has 0 saturated heterocycles. The van der Waals surface area contributed by atoms with Crippen molar-refractivity contribution < 1.29 is 14.3 Å². The summed E-state index contributed by atoms with van der Waals surface area (Å²) < 4.78 is 10.6. The maximum absolute atomic E-state index is 12.5. The van der Waals surface area contributed by atoms with Gasteiger partial charge in [-0.1, -0.05) is 6.92 Å². The monoisotopic (exact) mass is 342 g/mol. The van der Waals surface area contributed by atoms with Crippen LogP contribution in [0, 0.1) is 0 Å². The zero-order valence-electron chi connectivity index (χ0n) is 14.4. The summed E-state index contributed by atoms with van der Waals surface area (Å²) in [5.41, 5.74) is 7.33. The van der Waals surface area contributed by atoms with Crippen molar-refractivity contribution in [3.63, 3.8) is 0 Å². The number of nitrogens with one attached hydrogen (secondary N) is 1. The quantitative estimate of drug-likeness (QED) is 0.785. The van der Waals surface area contributed by atoms with E-state index in [0.717, 1.165) is 25.3 Å². The maximum Gasteiger partial charge on any atom is 0.257 e. The highest BCUT2D eigenvalue weighted by molar-refractivity contribution is 6.06. The van der Waals surface area contributed by atoms with Crippen molar-refractivity contribution in [3.8, 4) is 11.5 Å². The Labute approximate surface area is 146 Å². The van der Waals surface area contributed by atoms with Crippen LogP contribution in [0.25, 0.3) is 0 Å². The Morgan fingerprint density at radius 2 is 2.04 bits per heavy atom. The molecule has 1 aliphatic rings. The van der Waals surface area contributed by atoms with Crippen LogP contribution in [0.4, 0.5) is 17.2 Å². The third kappa shape index (κ3) is 3.60.